The number of benzene rings is 1. The Balaban J connectivity index is 1.89. The minimum Gasteiger partial charge on any atom is -0.322 e. The minimum atomic E-state index is -0.158. The van der Waals surface area contributed by atoms with Crippen LogP contribution in [0.4, 0.5) is 5.69 Å². The molecule has 1 aromatic carbocycles. The molecule has 19 heavy (non-hydrogen) atoms. The third kappa shape index (κ3) is 2.18. The fourth-order valence-electron chi connectivity index (χ4n) is 1.88. The Hall–Kier alpha value is -2.69. The van der Waals surface area contributed by atoms with Gasteiger partial charge in [0.2, 0.25) is 0 Å². The summed E-state index contributed by atoms with van der Waals surface area (Å²) >= 11 is 0. The number of para-hydroxylation sites is 1. The lowest BCUT2D eigenvalue weighted by Gasteiger charge is -2.05. The highest BCUT2D eigenvalue weighted by molar-refractivity contribution is 6.04. The van der Waals surface area contributed by atoms with Gasteiger partial charge in [-0.15, -0.1) is 10.2 Å². The average Bonchev–Trinajstić information content (AvgIpc) is 2.81. The molecule has 0 saturated heterocycles. The van der Waals surface area contributed by atoms with Crippen LogP contribution in [0.3, 0.4) is 0 Å². The van der Waals surface area contributed by atoms with Crippen LogP contribution >= 0.6 is 0 Å². The van der Waals surface area contributed by atoms with Gasteiger partial charge in [-0.05, 0) is 31.2 Å². The summed E-state index contributed by atoms with van der Waals surface area (Å²) in [5.41, 5.74) is 1.99. The number of pyridine rings is 1. The number of aryl methyl sites for hydroxylation is 1. The highest BCUT2D eigenvalue weighted by atomic mass is 16.1. The smallest absolute Gasteiger partial charge is 0.255 e. The van der Waals surface area contributed by atoms with E-state index in [1.54, 1.807) is 18.3 Å². The van der Waals surface area contributed by atoms with Gasteiger partial charge in [-0.2, -0.15) is 0 Å². The zero-order valence-corrected chi connectivity index (χ0v) is 10.4. The first-order chi connectivity index (χ1) is 9.24. The van der Waals surface area contributed by atoms with Crippen molar-refractivity contribution in [2.75, 3.05) is 5.32 Å². The number of carbonyl (C=O) groups is 1. The van der Waals surface area contributed by atoms with Crippen LogP contribution in [0.25, 0.3) is 5.65 Å². The molecular formula is C14H12N4O. The third-order valence-electron chi connectivity index (χ3n) is 2.87. The Bertz CT molecular complexity index is 734. The van der Waals surface area contributed by atoms with Crippen molar-refractivity contribution >= 4 is 17.2 Å². The van der Waals surface area contributed by atoms with Gasteiger partial charge >= 0.3 is 0 Å². The number of hydrogen-bond acceptors (Lipinski definition) is 3. The van der Waals surface area contributed by atoms with Crippen molar-refractivity contribution in [1.82, 2.24) is 14.6 Å². The molecule has 1 N–H and O–H groups in total. The van der Waals surface area contributed by atoms with Crippen LogP contribution in [0.1, 0.15) is 16.2 Å². The standard InChI is InChI=1S/C14H12N4O/c1-10-16-17-13-9-11(7-8-18(10)13)14(19)15-12-5-3-2-4-6-12/h2-9H,1H3,(H,15,19). The first-order valence-corrected chi connectivity index (χ1v) is 5.92. The number of aromatic nitrogens is 3. The second kappa shape index (κ2) is 4.53. The Morgan fingerprint density at radius 1 is 1.16 bits per heavy atom. The molecular weight excluding hydrogens is 240 g/mol. The number of hydrogen-bond donors (Lipinski definition) is 1. The number of amides is 1. The van der Waals surface area contributed by atoms with E-state index in [2.05, 4.69) is 15.5 Å². The molecule has 0 fully saturated rings. The molecule has 0 aliphatic heterocycles. The number of rotatable bonds is 2. The summed E-state index contributed by atoms with van der Waals surface area (Å²) in [6.45, 7) is 1.86. The molecule has 0 unspecified atom stereocenters. The molecule has 0 atom stereocenters. The molecule has 3 aromatic rings. The molecule has 3 rings (SSSR count). The summed E-state index contributed by atoms with van der Waals surface area (Å²) in [4.78, 5) is 12.1. The molecule has 2 heterocycles. The fourth-order valence-corrected chi connectivity index (χ4v) is 1.88. The van der Waals surface area contributed by atoms with Gasteiger partial charge in [0.05, 0.1) is 0 Å². The van der Waals surface area contributed by atoms with Gasteiger partial charge in [-0.25, -0.2) is 0 Å². The van der Waals surface area contributed by atoms with Crippen molar-refractivity contribution < 1.29 is 4.79 Å². The molecule has 1 amide bonds. The maximum atomic E-state index is 12.1. The lowest BCUT2D eigenvalue weighted by atomic mass is 10.2. The average molecular weight is 252 g/mol. The van der Waals surface area contributed by atoms with E-state index in [1.807, 2.05) is 41.7 Å². The highest BCUT2D eigenvalue weighted by Crippen LogP contribution is 2.11. The molecule has 0 aliphatic carbocycles. The zero-order valence-electron chi connectivity index (χ0n) is 10.4. The Kier molecular flexibility index (Phi) is 2.72. The van der Waals surface area contributed by atoms with Crippen LogP contribution in [0, 0.1) is 6.92 Å². The molecule has 5 heteroatoms. The maximum absolute atomic E-state index is 12.1. The fraction of sp³-hybridized carbons (Fsp3) is 0.0714. The number of fused-ring (bicyclic) bond motifs is 1. The van der Waals surface area contributed by atoms with Crippen molar-refractivity contribution in [3.63, 3.8) is 0 Å². The molecule has 0 spiro atoms. The summed E-state index contributed by atoms with van der Waals surface area (Å²) in [6.07, 6.45) is 1.80. The Morgan fingerprint density at radius 3 is 2.74 bits per heavy atom. The topological polar surface area (TPSA) is 59.3 Å². The van der Waals surface area contributed by atoms with Crippen LogP contribution in [-0.2, 0) is 0 Å². The van der Waals surface area contributed by atoms with E-state index in [0.717, 1.165) is 11.5 Å². The molecule has 0 radical (unpaired) electrons. The monoisotopic (exact) mass is 252 g/mol. The largest absolute Gasteiger partial charge is 0.322 e. The van der Waals surface area contributed by atoms with Crippen molar-refractivity contribution in [2.24, 2.45) is 0 Å². The summed E-state index contributed by atoms with van der Waals surface area (Å²) in [5, 5.41) is 10.8. The van der Waals surface area contributed by atoms with Gasteiger partial charge in [0.25, 0.3) is 5.91 Å². The van der Waals surface area contributed by atoms with Crippen LogP contribution in [0.5, 0.6) is 0 Å². The van der Waals surface area contributed by atoms with Crippen molar-refractivity contribution in [3.05, 3.63) is 60.0 Å². The second-order valence-electron chi connectivity index (χ2n) is 4.21. The van der Waals surface area contributed by atoms with E-state index in [9.17, 15) is 4.79 Å². The SMILES string of the molecule is Cc1nnc2cc(C(=O)Nc3ccccc3)ccn12. The van der Waals surface area contributed by atoms with E-state index in [0.29, 0.717) is 11.2 Å². The quantitative estimate of drug-likeness (QED) is 0.761. The van der Waals surface area contributed by atoms with Crippen LogP contribution in [0.2, 0.25) is 0 Å². The van der Waals surface area contributed by atoms with Crippen molar-refractivity contribution in [1.29, 1.82) is 0 Å². The number of nitrogens with zero attached hydrogens (tertiary/aromatic N) is 3. The summed E-state index contributed by atoms with van der Waals surface area (Å²) in [5.74, 6) is 0.638. The minimum absolute atomic E-state index is 0.158. The predicted octanol–water partition coefficient (Wildman–Crippen LogP) is 2.29. The van der Waals surface area contributed by atoms with Gasteiger partial charge < -0.3 is 5.32 Å². The first kappa shape index (κ1) is 11.4. The Morgan fingerprint density at radius 2 is 1.95 bits per heavy atom. The van der Waals surface area contributed by atoms with E-state index in [4.69, 9.17) is 0 Å². The van der Waals surface area contributed by atoms with Crippen molar-refractivity contribution in [3.8, 4) is 0 Å². The van der Waals surface area contributed by atoms with Crippen LogP contribution < -0.4 is 5.32 Å². The highest BCUT2D eigenvalue weighted by Gasteiger charge is 2.08. The van der Waals surface area contributed by atoms with E-state index < -0.39 is 0 Å². The number of anilines is 1. The van der Waals surface area contributed by atoms with Crippen molar-refractivity contribution in [2.45, 2.75) is 6.92 Å². The van der Waals surface area contributed by atoms with Gasteiger partial charge in [0.1, 0.15) is 5.82 Å². The number of carbonyl (C=O) groups excluding carboxylic acids is 1. The van der Waals surface area contributed by atoms with Crippen LogP contribution in [-0.4, -0.2) is 20.5 Å². The molecule has 0 aliphatic rings. The lowest BCUT2D eigenvalue weighted by Crippen LogP contribution is -2.12. The molecule has 0 bridgehead atoms. The second-order valence-corrected chi connectivity index (χ2v) is 4.21. The molecule has 94 valence electrons. The van der Waals surface area contributed by atoms with Gasteiger partial charge in [-0.1, -0.05) is 18.2 Å². The van der Waals surface area contributed by atoms with E-state index in [-0.39, 0.29) is 5.91 Å². The Labute approximate surface area is 109 Å². The third-order valence-corrected chi connectivity index (χ3v) is 2.87. The lowest BCUT2D eigenvalue weighted by molar-refractivity contribution is 0.102. The zero-order chi connectivity index (χ0) is 13.2. The number of nitrogens with one attached hydrogen (secondary N) is 1. The summed E-state index contributed by atoms with van der Waals surface area (Å²) < 4.78 is 1.83. The predicted molar refractivity (Wildman–Crippen MR) is 72.1 cm³/mol. The molecule has 0 saturated carbocycles. The normalized spacial score (nSPS) is 10.6. The van der Waals surface area contributed by atoms with Gasteiger partial charge in [0, 0.05) is 17.4 Å². The summed E-state index contributed by atoms with van der Waals surface area (Å²) in [7, 11) is 0. The maximum Gasteiger partial charge on any atom is 0.255 e. The first-order valence-electron chi connectivity index (χ1n) is 5.92. The van der Waals surface area contributed by atoms with Gasteiger partial charge in [0.15, 0.2) is 5.65 Å². The molecule has 5 nitrogen and oxygen atoms in total. The summed E-state index contributed by atoms with van der Waals surface area (Å²) in [6, 6.07) is 12.8. The van der Waals surface area contributed by atoms with Crippen LogP contribution in [0.15, 0.2) is 48.7 Å². The van der Waals surface area contributed by atoms with E-state index >= 15 is 0 Å². The molecule has 2 aromatic heterocycles. The van der Waals surface area contributed by atoms with Gasteiger partial charge in [-0.3, -0.25) is 9.20 Å². The van der Waals surface area contributed by atoms with E-state index in [1.165, 1.54) is 0 Å².